The van der Waals surface area contributed by atoms with E-state index >= 15 is 0 Å². The van der Waals surface area contributed by atoms with E-state index in [0.29, 0.717) is 13.1 Å². The van der Waals surface area contributed by atoms with E-state index in [1.165, 1.54) is 0 Å². The van der Waals surface area contributed by atoms with E-state index in [-0.39, 0.29) is 12.1 Å². The molecule has 1 aliphatic heterocycles. The van der Waals surface area contributed by atoms with Gasteiger partial charge in [-0.1, -0.05) is 0 Å². The number of hydrogen-bond donors (Lipinski definition) is 3. The zero-order chi connectivity index (χ0) is 11.2. The van der Waals surface area contributed by atoms with E-state index in [9.17, 15) is 4.79 Å². The van der Waals surface area contributed by atoms with Gasteiger partial charge >= 0.3 is 6.03 Å². The van der Waals surface area contributed by atoms with Gasteiger partial charge in [0.1, 0.15) is 0 Å². The molecule has 0 aromatic carbocycles. The maximum Gasteiger partial charge on any atom is 0.315 e. The van der Waals surface area contributed by atoms with Crippen LogP contribution in [0.15, 0.2) is 12.3 Å². The van der Waals surface area contributed by atoms with Gasteiger partial charge in [0.05, 0.1) is 18.3 Å². The average molecular weight is 224 g/mol. The van der Waals surface area contributed by atoms with Gasteiger partial charge in [-0.05, 0) is 18.9 Å². The number of hydrogen-bond acceptors (Lipinski definition) is 3. The highest BCUT2D eigenvalue weighted by atomic mass is 16.5. The van der Waals surface area contributed by atoms with E-state index < -0.39 is 0 Å². The number of amides is 2. The van der Waals surface area contributed by atoms with Gasteiger partial charge in [0.15, 0.2) is 0 Å². The summed E-state index contributed by atoms with van der Waals surface area (Å²) in [6.07, 6.45) is 3.95. The second-order valence-electron chi connectivity index (χ2n) is 3.78. The van der Waals surface area contributed by atoms with E-state index in [0.717, 1.165) is 25.1 Å². The topological polar surface area (TPSA) is 79.0 Å². The molecule has 0 spiro atoms. The predicted molar refractivity (Wildman–Crippen MR) is 57.8 cm³/mol. The van der Waals surface area contributed by atoms with E-state index in [2.05, 4.69) is 20.8 Å². The number of carbonyl (C=O) groups excluding carboxylic acids is 1. The van der Waals surface area contributed by atoms with Gasteiger partial charge in [0, 0.05) is 19.3 Å². The van der Waals surface area contributed by atoms with Gasteiger partial charge in [0.2, 0.25) is 0 Å². The molecule has 1 saturated heterocycles. The summed E-state index contributed by atoms with van der Waals surface area (Å²) in [4.78, 5) is 11.4. The van der Waals surface area contributed by atoms with Crippen molar-refractivity contribution in [2.75, 3.05) is 13.2 Å². The summed E-state index contributed by atoms with van der Waals surface area (Å²) in [7, 11) is 0. The van der Waals surface area contributed by atoms with Crippen LogP contribution >= 0.6 is 0 Å². The van der Waals surface area contributed by atoms with Crippen molar-refractivity contribution in [3.05, 3.63) is 18.0 Å². The molecule has 1 atom stereocenters. The molecule has 1 aromatic heterocycles. The van der Waals surface area contributed by atoms with Gasteiger partial charge in [-0.2, -0.15) is 5.10 Å². The van der Waals surface area contributed by atoms with Gasteiger partial charge < -0.3 is 15.4 Å². The Hall–Kier alpha value is -1.56. The summed E-state index contributed by atoms with van der Waals surface area (Å²) in [6.45, 7) is 1.84. The van der Waals surface area contributed by atoms with Gasteiger partial charge in [-0.25, -0.2) is 4.79 Å². The second kappa shape index (κ2) is 5.50. The van der Waals surface area contributed by atoms with Crippen LogP contribution in [0, 0.1) is 0 Å². The fourth-order valence-electron chi connectivity index (χ4n) is 1.63. The van der Waals surface area contributed by atoms with Crippen molar-refractivity contribution in [1.82, 2.24) is 20.8 Å². The third-order valence-electron chi connectivity index (χ3n) is 2.51. The molecule has 3 N–H and O–H groups in total. The normalized spacial score (nSPS) is 19.6. The highest BCUT2D eigenvalue weighted by molar-refractivity contribution is 5.73. The van der Waals surface area contributed by atoms with Crippen molar-refractivity contribution in [1.29, 1.82) is 0 Å². The summed E-state index contributed by atoms with van der Waals surface area (Å²) in [5, 5.41) is 12.1. The molecule has 16 heavy (non-hydrogen) atoms. The van der Waals surface area contributed by atoms with E-state index in [4.69, 9.17) is 4.74 Å². The lowest BCUT2D eigenvalue weighted by Crippen LogP contribution is -2.39. The van der Waals surface area contributed by atoms with Crippen molar-refractivity contribution in [2.24, 2.45) is 0 Å². The van der Waals surface area contributed by atoms with Crippen LogP contribution in [-0.4, -0.2) is 35.5 Å². The largest absolute Gasteiger partial charge is 0.376 e. The molecule has 2 rings (SSSR count). The molecular weight excluding hydrogens is 208 g/mol. The molecule has 2 heterocycles. The number of urea groups is 1. The van der Waals surface area contributed by atoms with Crippen LogP contribution in [0.5, 0.6) is 0 Å². The molecule has 1 aromatic rings. The number of ether oxygens (including phenoxy) is 1. The maximum atomic E-state index is 11.4. The number of carbonyl (C=O) groups is 1. The first-order chi connectivity index (χ1) is 7.84. The third-order valence-corrected chi connectivity index (χ3v) is 2.51. The molecule has 2 amide bonds. The summed E-state index contributed by atoms with van der Waals surface area (Å²) >= 11 is 0. The lowest BCUT2D eigenvalue weighted by Gasteiger charge is -2.11. The fourth-order valence-corrected chi connectivity index (χ4v) is 1.63. The Kier molecular flexibility index (Phi) is 3.76. The molecular formula is C10H16N4O2. The Morgan fingerprint density at radius 2 is 2.56 bits per heavy atom. The zero-order valence-electron chi connectivity index (χ0n) is 9.03. The first kappa shape index (κ1) is 10.9. The SMILES string of the molecule is O=C(NCc1ccn[nH]1)NC[C@H]1CCCO1. The molecule has 0 saturated carbocycles. The number of nitrogens with zero attached hydrogens (tertiary/aromatic N) is 1. The third kappa shape index (κ3) is 3.23. The Bertz CT molecular complexity index is 320. The predicted octanol–water partition coefficient (Wildman–Crippen LogP) is 0.388. The first-order valence-corrected chi connectivity index (χ1v) is 5.46. The van der Waals surface area contributed by atoms with Crippen LogP contribution < -0.4 is 10.6 Å². The van der Waals surface area contributed by atoms with Crippen molar-refractivity contribution >= 4 is 6.03 Å². The van der Waals surface area contributed by atoms with Crippen LogP contribution in [0.4, 0.5) is 4.79 Å². The molecule has 0 aliphatic carbocycles. The van der Waals surface area contributed by atoms with Crippen LogP contribution in [-0.2, 0) is 11.3 Å². The summed E-state index contributed by atoms with van der Waals surface area (Å²) in [6, 6.07) is 1.64. The minimum Gasteiger partial charge on any atom is -0.376 e. The number of nitrogens with one attached hydrogen (secondary N) is 3. The summed E-state index contributed by atoms with van der Waals surface area (Å²) in [5.74, 6) is 0. The van der Waals surface area contributed by atoms with Crippen LogP contribution in [0.25, 0.3) is 0 Å². The van der Waals surface area contributed by atoms with Crippen LogP contribution in [0.1, 0.15) is 18.5 Å². The zero-order valence-corrected chi connectivity index (χ0v) is 9.03. The van der Waals surface area contributed by atoms with E-state index in [1.807, 2.05) is 6.07 Å². The van der Waals surface area contributed by atoms with Crippen molar-refractivity contribution in [2.45, 2.75) is 25.5 Å². The first-order valence-electron chi connectivity index (χ1n) is 5.46. The highest BCUT2D eigenvalue weighted by Crippen LogP contribution is 2.10. The fraction of sp³-hybridized carbons (Fsp3) is 0.600. The monoisotopic (exact) mass is 224 g/mol. The summed E-state index contributed by atoms with van der Waals surface area (Å²) < 4.78 is 5.40. The van der Waals surface area contributed by atoms with Gasteiger partial charge in [-0.15, -0.1) is 0 Å². The minimum absolute atomic E-state index is 0.176. The van der Waals surface area contributed by atoms with Crippen LogP contribution in [0.2, 0.25) is 0 Å². The number of aromatic amines is 1. The average Bonchev–Trinajstić information content (AvgIpc) is 2.96. The van der Waals surface area contributed by atoms with Crippen molar-refractivity contribution in [3.63, 3.8) is 0 Å². The quantitative estimate of drug-likeness (QED) is 0.692. The van der Waals surface area contributed by atoms with Gasteiger partial charge in [0.25, 0.3) is 0 Å². The highest BCUT2D eigenvalue weighted by Gasteiger charge is 2.15. The standard InChI is InChI=1S/C10H16N4O2/c15-10(11-6-8-3-4-13-14-8)12-7-9-2-1-5-16-9/h3-4,9H,1-2,5-7H2,(H,13,14)(H2,11,12,15)/t9-/m1/s1. The summed E-state index contributed by atoms with van der Waals surface area (Å²) in [5.41, 5.74) is 0.882. The van der Waals surface area contributed by atoms with Crippen molar-refractivity contribution < 1.29 is 9.53 Å². The van der Waals surface area contributed by atoms with Crippen molar-refractivity contribution in [3.8, 4) is 0 Å². The molecule has 6 heteroatoms. The molecule has 1 fully saturated rings. The molecule has 1 aliphatic rings. The van der Waals surface area contributed by atoms with E-state index in [1.54, 1.807) is 6.20 Å². The number of H-pyrrole nitrogens is 1. The molecule has 0 radical (unpaired) electrons. The number of rotatable bonds is 4. The molecule has 0 bridgehead atoms. The maximum absolute atomic E-state index is 11.4. The molecule has 0 unspecified atom stereocenters. The second-order valence-corrected chi connectivity index (χ2v) is 3.78. The Balaban J connectivity index is 1.60. The minimum atomic E-state index is -0.176. The smallest absolute Gasteiger partial charge is 0.315 e. The lowest BCUT2D eigenvalue weighted by molar-refractivity contribution is 0.111. The number of aromatic nitrogens is 2. The lowest BCUT2D eigenvalue weighted by atomic mass is 10.2. The molecule has 88 valence electrons. The molecule has 6 nitrogen and oxygen atoms in total. The Labute approximate surface area is 93.8 Å². The Morgan fingerprint density at radius 1 is 1.62 bits per heavy atom. The van der Waals surface area contributed by atoms with Crippen LogP contribution in [0.3, 0.4) is 0 Å². The van der Waals surface area contributed by atoms with Gasteiger partial charge in [-0.3, -0.25) is 5.10 Å². The Morgan fingerprint density at radius 3 is 3.25 bits per heavy atom.